The van der Waals surface area contributed by atoms with Crippen LogP contribution in [-0.2, 0) is 7.05 Å². The number of carbonyl (C=O) groups excluding carboxylic acids is 1. The first-order valence-corrected chi connectivity index (χ1v) is 10.0. The Morgan fingerprint density at radius 1 is 1.33 bits per heavy atom. The first kappa shape index (κ1) is 17.8. The van der Waals surface area contributed by atoms with Gasteiger partial charge in [-0.15, -0.1) is 11.3 Å². The van der Waals surface area contributed by atoms with Crippen LogP contribution < -0.4 is 0 Å². The summed E-state index contributed by atoms with van der Waals surface area (Å²) in [5.74, 6) is 0.863. The van der Waals surface area contributed by atoms with Gasteiger partial charge in [0.25, 0.3) is 5.91 Å². The second-order valence-electron chi connectivity index (χ2n) is 6.90. The Kier molecular flexibility index (Phi) is 4.52. The van der Waals surface area contributed by atoms with Gasteiger partial charge in [0, 0.05) is 24.4 Å². The molecule has 0 aliphatic carbocycles. The van der Waals surface area contributed by atoms with E-state index in [4.69, 9.17) is 4.42 Å². The van der Waals surface area contributed by atoms with E-state index in [2.05, 4.69) is 12.0 Å². The monoisotopic (exact) mass is 381 g/mol. The molecule has 0 saturated heterocycles. The van der Waals surface area contributed by atoms with Crippen molar-refractivity contribution in [1.82, 2.24) is 14.7 Å². The Hall–Kier alpha value is -2.60. The topological polar surface area (TPSA) is 51.3 Å². The number of furan rings is 1. The third-order valence-corrected chi connectivity index (χ3v) is 6.15. The van der Waals surface area contributed by atoms with Crippen molar-refractivity contribution in [3.05, 3.63) is 52.7 Å². The molecule has 4 rings (SSSR count). The highest BCUT2D eigenvalue weighted by Gasteiger charge is 2.26. The first-order valence-electron chi connectivity index (χ1n) is 9.22. The normalized spacial score (nSPS) is 12.7. The van der Waals surface area contributed by atoms with E-state index >= 15 is 0 Å². The Labute approximate surface area is 162 Å². The Bertz CT molecular complexity index is 1050. The summed E-state index contributed by atoms with van der Waals surface area (Å²) in [5.41, 5.74) is 1.81. The van der Waals surface area contributed by atoms with E-state index in [0.717, 1.165) is 43.9 Å². The summed E-state index contributed by atoms with van der Waals surface area (Å²) in [6.07, 6.45) is 0.891. The van der Waals surface area contributed by atoms with Gasteiger partial charge in [-0.25, -0.2) is 0 Å². The third kappa shape index (κ3) is 3.04. The number of fused-ring (bicyclic) bond motifs is 2. The van der Waals surface area contributed by atoms with E-state index in [1.165, 1.54) is 11.3 Å². The van der Waals surface area contributed by atoms with Gasteiger partial charge < -0.3 is 9.32 Å². The quantitative estimate of drug-likeness (QED) is 0.471. The van der Waals surface area contributed by atoms with Gasteiger partial charge >= 0.3 is 0 Å². The number of rotatable bonds is 5. The van der Waals surface area contributed by atoms with Crippen molar-refractivity contribution >= 4 is 38.4 Å². The van der Waals surface area contributed by atoms with Crippen molar-refractivity contribution < 1.29 is 9.21 Å². The number of hydrogen-bond donors (Lipinski definition) is 0. The Morgan fingerprint density at radius 3 is 2.81 bits per heavy atom. The van der Waals surface area contributed by atoms with E-state index in [-0.39, 0.29) is 11.9 Å². The highest BCUT2D eigenvalue weighted by atomic mass is 32.1. The van der Waals surface area contributed by atoms with Crippen LogP contribution in [0.3, 0.4) is 0 Å². The summed E-state index contributed by atoms with van der Waals surface area (Å²) < 4.78 is 7.87. The number of para-hydroxylation sites is 1. The number of aromatic nitrogens is 2. The average Bonchev–Trinajstić information content (AvgIpc) is 3.34. The fraction of sp³-hybridized carbons (Fsp3) is 0.333. The molecule has 1 aromatic carbocycles. The van der Waals surface area contributed by atoms with Crippen LogP contribution in [0.15, 0.2) is 40.8 Å². The molecule has 140 valence electrons. The van der Waals surface area contributed by atoms with Gasteiger partial charge in [0.2, 0.25) is 0 Å². The fourth-order valence-corrected chi connectivity index (χ4v) is 4.61. The summed E-state index contributed by atoms with van der Waals surface area (Å²) in [6, 6.07) is 11.8. The highest BCUT2D eigenvalue weighted by molar-refractivity contribution is 7.20. The minimum absolute atomic E-state index is 0.0467. The lowest BCUT2D eigenvalue weighted by Crippen LogP contribution is -2.33. The molecule has 3 heterocycles. The Balaban J connectivity index is 1.69. The van der Waals surface area contributed by atoms with E-state index in [1.54, 1.807) is 0 Å². The van der Waals surface area contributed by atoms with E-state index in [0.29, 0.717) is 6.54 Å². The standard InChI is InChI=1S/C21H23N3O2S/c1-5-10-24(14(3)18-11-15-8-6-7-9-17(15)26-18)20(25)19-12-16-13(2)22-23(4)21(16)27-19/h6-9,11-12,14H,5,10H2,1-4H3. The molecule has 27 heavy (non-hydrogen) atoms. The molecule has 0 fully saturated rings. The van der Waals surface area contributed by atoms with Crippen molar-refractivity contribution in [1.29, 1.82) is 0 Å². The molecule has 0 N–H and O–H groups in total. The minimum atomic E-state index is -0.130. The SMILES string of the molecule is CCCN(C(=O)c1cc2c(C)nn(C)c2s1)C(C)c1cc2ccccc2o1. The van der Waals surface area contributed by atoms with Gasteiger partial charge in [-0.2, -0.15) is 5.10 Å². The molecule has 1 unspecified atom stereocenters. The molecule has 0 aliphatic heterocycles. The highest BCUT2D eigenvalue weighted by Crippen LogP contribution is 2.32. The van der Waals surface area contributed by atoms with Crippen LogP contribution >= 0.6 is 11.3 Å². The maximum absolute atomic E-state index is 13.3. The van der Waals surface area contributed by atoms with Crippen molar-refractivity contribution in [2.24, 2.45) is 7.05 Å². The molecular formula is C21H23N3O2S. The lowest BCUT2D eigenvalue weighted by molar-refractivity contribution is 0.0677. The summed E-state index contributed by atoms with van der Waals surface area (Å²) in [4.78, 5) is 17.0. The van der Waals surface area contributed by atoms with E-state index in [9.17, 15) is 4.79 Å². The molecule has 3 aromatic heterocycles. The van der Waals surface area contributed by atoms with Crippen LogP contribution in [0.2, 0.25) is 0 Å². The Morgan fingerprint density at radius 2 is 2.11 bits per heavy atom. The minimum Gasteiger partial charge on any atom is -0.459 e. The van der Waals surface area contributed by atoms with Crippen LogP contribution in [0.4, 0.5) is 0 Å². The number of amides is 1. The van der Waals surface area contributed by atoms with Gasteiger partial charge in [-0.05, 0) is 38.5 Å². The number of aryl methyl sites for hydroxylation is 2. The summed E-state index contributed by atoms with van der Waals surface area (Å²) in [6.45, 7) is 6.78. The van der Waals surface area contributed by atoms with Gasteiger partial charge in [0.05, 0.1) is 16.6 Å². The summed E-state index contributed by atoms with van der Waals surface area (Å²) in [5, 5.41) is 6.54. The molecule has 0 radical (unpaired) electrons. The molecule has 1 atom stereocenters. The zero-order valence-electron chi connectivity index (χ0n) is 16.0. The van der Waals surface area contributed by atoms with Crippen LogP contribution in [0.5, 0.6) is 0 Å². The van der Waals surface area contributed by atoms with Crippen LogP contribution in [0, 0.1) is 6.92 Å². The number of carbonyl (C=O) groups is 1. The van der Waals surface area contributed by atoms with Crippen molar-refractivity contribution in [3.63, 3.8) is 0 Å². The van der Waals surface area contributed by atoms with Crippen LogP contribution in [-0.4, -0.2) is 27.1 Å². The molecule has 4 aromatic rings. The fourth-order valence-electron chi connectivity index (χ4n) is 3.53. The number of nitrogens with zero attached hydrogens (tertiary/aromatic N) is 3. The molecule has 5 nitrogen and oxygen atoms in total. The zero-order valence-corrected chi connectivity index (χ0v) is 16.8. The molecule has 0 saturated carbocycles. The van der Waals surface area contributed by atoms with Gasteiger partial charge in [0.15, 0.2) is 0 Å². The predicted octanol–water partition coefficient (Wildman–Crippen LogP) is 5.30. The third-order valence-electron chi connectivity index (χ3n) is 4.96. The van der Waals surface area contributed by atoms with Crippen molar-refractivity contribution in [2.75, 3.05) is 6.54 Å². The average molecular weight is 382 g/mol. The van der Waals surface area contributed by atoms with Gasteiger partial charge in [0.1, 0.15) is 16.2 Å². The van der Waals surface area contributed by atoms with E-state index in [1.807, 2.05) is 66.9 Å². The van der Waals surface area contributed by atoms with E-state index < -0.39 is 0 Å². The summed E-state index contributed by atoms with van der Waals surface area (Å²) in [7, 11) is 1.92. The molecular weight excluding hydrogens is 358 g/mol. The first-order chi connectivity index (χ1) is 13.0. The molecule has 1 amide bonds. The maximum atomic E-state index is 13.3. The zero-order chi connectivity index (χ0) is 19.1. The second-order valence-corrected chi connectivity index (χ2v) is 7.93. The second kappa shape index (κ2) is 6.85. The van der Waals surface area contributed by atoms with Gasteiger partial charge in [-0.3, -0.25) is 9.48 Å². The molecule has 0 spiro atoms. The van der Waals surface area contributed by atoms with Crippen molar-refractivity contribution in [2.45, 2.75) is 33.2 Å². The largest absolute Gasteiger partial charge is 0.459 e. The maximum Gasteiger partial charge on any atom is 0.264 e. The van der Waals surface area contributed by atoms with Crippen LogP contribution in [0.25, 0.3) is 21.2 Å². The lowest BCUT2D eigenvalue weighted by Gasteiger charge is -2.27. The van der Waals surface area contributed by atoms with Gasteiger partial charge in [-0.1, -0.05) is 25.1 Å². The van der Waals surface area contributed by atoms with Crippen molar-refractivity contribution in [3.8, 4) is 0 Å². The van der Waals surface area contributed by atoms with Crippen LogP contribution in [0.1, 0.15) is 47.4 Å². The molecule has 0 bridgehead atoms. The predicted molar refractivity (Wildman–Crippen MR) is 109 cm³/mol. The number of hydrogen-bond acceptors (Lipinski definition) is 4. The lowest BCUT2D eigenvalue weighted by atomic mass is 10.1. The summed E-state index contributed by atoms with van der Waals surface area (Å²) >= 11 is 1.50. The smallest absolute Gasteiger partial charge is 0.264 e. The number of benzene rings is 1. The number of thiophene rings is 1. The molecule has 0 aliphatic rings. The molecule has 6 heteroatoms.